The summed E-state index contributed by atoms with van der Waals surface area (Å²) in [6, 6.07) is 1.07. The Kier molecular flexibility index (Phi) is 6.48. The fourth-order valence-electron chi connectivity index (χ4n) is 3.30. The van der Waals surface area contributed by atoms with Crippen LogP contribution in [0.2, 0.25) is 0 Å². The molecule has 0 radical (unpaired) electrons. The highest BCUT2D eigenvalue weighted by Gasteiger charge is 2.54. The van der Waals surface area contributed by atoms with Gasteiger partial charge in [-0.05, 0) is 38.4 Å². The van der Waals surface area contributed by atoms with Gasteiger partial charge in [-0.15, -0.1) is 16.9 Å². The third-order valence-corrected chi connectivity index (χ3v) is 7.81. The van der Waals surface area contributed by atoms with Gasteiger partial charge in [-0.1, -0.05) is 11.8 Å². The van der Waals surface area contributed by atoms with E-state index in [0.29, 0.717) is 16.5 Å². The first-order valence-electron chi connectivity index (χ1n) is 9.23. The molecule has 0 aliphatic carbocycles. The van der Waals surface area contributed by atoms with E-state index >= 15 is 0 Å². The number of tetrazole rings is 1. The van der Waals surface area contributed by atoms with Gasteiger partial charge in [0.2, 0.25) is 17.0 Å². The van der Waals surface area contributed by atoms with Gasteiger partial charge in [-0.3, -0.25) is 19.3 Å². The fourth-order valence-corrected chi connectivity index (χ4v) is 6.33. The maximum atomic E-state index is 12.7. The molecule has 168 valence electrons. The Labute approximate surface area is 193 Å². The Morgan fingerprint density at radius 2 is 2.19 bits per heavy atom. The molecule has 3 amide bonds. The van der Waals surface area contributed by atoms with Crippen molar-refractivity contribution >= 4 is 58.6 Å². The molecule has 12 nitrogen and oxygen atoms in total. The Hall–Kier alpha value is -2.91. The van der Waals surface area contributed by atoms with Gasteiger partial charge in [0.1, 0.15) is 23.7 Å². The van der Waals surface area contributed by atoms with Gasteiger partial charge in [-0.25, -0.2) is 9.48 Å². The summed E-state index contributed by atoms with van der Waals surface area (Å²) in [7, 11) is 0. The topological polar surface area (TPSA) is 173 Å². The summed E-state index contributed by atoms with van der Waals surface area (Å²) in [5.74, 6) is -2.01. The van der Waals surface area contributed by atoms with Crippen molar-refractivity contribution in [2.45, 2.75) is 29.5 Å². The third kappa shape index (κ3) is 4.49. The first kappa shape index (κ1) is 22.3. The molecule has 2 atom stereocenters. The van der Waals surface area contributed by atoms with Crippen LogP contribution in [0.25, 0.3) is 0 Å². The number of aromatic nitrogens is 4. The van der Waals surface area contributed by atoms with Crippen molar-refractivity contribution in [3.63, 3.8) is 0 Å². The third-order valence-electron chi connectivity index (χ3n) is 4.69. The molecule has 32 heavy (non-hydrogen) atoms. The SMILES string of the molecule is NC(=O)Cn1nnnc1SCC1=C(C(=O)O)N2C(=O)C(NC(=O)Cc3ccsc3)[C@H]2SC1. The number of nitrogens with two attached hydrogens (primary N) is 1. The molecule has 2 aliphatic heterocycles. The predicted molar refractivity (Wildman–Crippen MR) is 115 cm³/mol. The summed E-state index contributed by atoms with van der Waals surface area (Å²) in [6.45, 7) is -0.200. The van der Waals surface area contributed by atoms with Crippen molar-refractivity contribution < 1.29 is 24.3 Å². The minimum absolute atomic E-state index is 0.0940. The van der Waals surface area contributed by atoms with Crippen molar-refractivity contribution in [1.29, 1.82) is 0 Å². The minimum atomic E-state index is -1.22. The standard InChI is InChI=1S/C17H17N7O5S3/c18-10(25)4-23-17(20-21-22-23)32-7-9-6-31-15-12(14(27)24(15)13(9)16(28)29)19-11(26)3-8-1-2-30-5-8/h1-2,5,12,15H,3-4,6-7H2,(H2,18,25)(H,19,26)(H,28,29)/t12?,15-/m1/s1. The summed E-state index contributed by atoms with van der Waals surface area (Å²) in [4.78, 5) is 49.3. The number of hydrogen-bond donors (Lipinski definition) is 3. The van der Waals surface area contributed by atoms with E-state index < -0.39 is 29.2 Å². The highest BCUT2D eigenvalue weighted by molar-refractivity contribution is 8.01. The molecule has 2 aromatic heterocycles. The van der Waals surface area contributed by atoms with Gasteiger partial charge in [0.15, 0.2) is 0 Å². The van der Waals surface area contributed by atoms with Crippen molar-refractivity contribution in [2.75, 3.05) is 11.5 Å². The van der Waals surface area contributed by atoms with Crippen LogP contribution in [0.3, 0.4) is 0 Å². The molecule has 4 rings (SSSR count). The zero-order chi connectivity index (χ0) is 22.8. The number of nitrogens with one attached hydrogen (secondary N) is 1. The second-order valence-corrected chi connectivity index (χ2v) is 9.72. The molecular formula is C17H17N7O5S3. The van der Waals surface area contributed by atoms with E-state index in [1.165, 1.54) is 32.7 Å². The lowest BCUT2D eigenvalue weighted by Gasteiger charge is -2.49. The highest BCUT2D eigenvalue weighted by Crippen LogP contribution is 2.41. The highest BCUT2D eigenvalue weighted by atomic mass is 32.2. The lowest BCUT2D eigenvalue weighted by atomic mass is 10.0. The predicted octanol–water partition coefficient (Wildman–Crippen LogP) is -0.707. The molecule has 1 fully saturated rings. The van der Waals surface area contributed by atoms with Crippen molar-refractivity contribution in [1.82, 2.24) is 30.4 Å². The molecule has 1 unspecified atom stereocenters. The minimum Gasteiger partial charge on any atom is -0.477 e. The Morgan fingerprint density at radius 3 is 2.88 bits per heavy atom. The summed E-state index contributed by atoms with van der Waals surface area (Å²) in [5.41, 5.74) is 6.45. The number of carbonyl (C=O) groups excluding carboxylic acids is 3. The van der Waals surface area contributed by atoms with Gasteiger partial charge in [-0.2, -0.15) is 11.3 Å². The molecule has 2 aromatic rings. The van der Waals surface area contributed by atoms with Crippen LogP contribution >= 0.6 is 34.9 Å². The number of hydrogen-bond acceptors (Lipinski definition) is 10. The van der Waals surface area contributed by atoms with Crippen LogP contribution in [0.1, 0.15) is 5.56 Å². The van der Waals surface area contributed by atoms with Gasteiger partial charge in [0.25, 0.3) is 5.91 Å². The van der Waals surface area contributed by atoms with Crippen molar-refractivity contribution in [3.05, 3.63) is 33.7 Å². The van der Waals surface area contributed by atoms with Crippen LogP contribution in [-0.2, 0) is 32.1 Å². The molecule has 4 N–H and O–H groups in total. The molecule has 0 saturated carbocycles. The average molecular weight is 496 g/mol. The summed E-state index contributed by atoms with van der Waals surface area (Å²) >= 11 is 4.01. The van der Waals surface area contributed by atoms with Crippen LogP contribution < -0.4 is 11.1 Å². The number of aliphatic carboxylic acids is 1. The summed E-state index contributed by atoms with van der Waals surface area (Å²) in [5, 5.41) is 27.0. The van der Waals surface area contributed by atoms with Crippen LogP contribution in [-0.4, -0.2) is 76.8 Å². The molecule has 0 spiro atoms. The van der Waals surface area contributed by atoms with E-state index in [9.17, 15) is 24.3 Å². The summed E-state index contributed by atoms with van der Waals surface area (Å²) in [6.07, 6.45) is 0.161. The number of carbonyl (C=O) groups is 4. The Balaban J connectivity index is 1.44. The largest absolute Gasteiger partial charge is 0.477 e. The lowest BCUT2D eigenvalue weighted by molar-refractivity contribution is -0.150. The van der Waals surface area contributed by atoms with E-state index in [2.05, 4.69) is 20.8 Å². The van der Waals surface area contributed by atoms with Crippen LogP contribution in [0.15, 0.2) is 33.3 Å². The Morgan fingerprint density at radius 1 is 1.38 bits per heavy atom. The average Bonchev–Trinajstić information content (AvgIpc) is 3.41. The van der Waals surface area contributed by atoms with E-state index in [1.54, 1.807) is 0 Å². The first-order valence-corrected chi connectivity index (χ1v) is 12.2. The number of carboxylic acids is 1. The Bertz CT molecular complexity index is 1100. The molecule has 1 saturated heterocycles. The number of rotatable bonds is 9. The number of amides is 3. The van der Waals surface area contributed by atoms with Crippen LogP contribution in [0.5, 0.6) is 0 Å². The number of β-lactam (4-membered cyclic amide) rings is 1. The van der Waals surface area contributed by atoms with E-state index in [4.69, 9.17) is 5.73 Å². The number of primary amides is 1. The number of thiophene rings is 1. The number of fused-ring (bicyclic) bond motifs is 1. The van der Waals surface area contributed by atoms with Crippen LogP contribution in [0, 0.1) is 0 Å². The number of thioether (sulfide) groups is 2. The molecule has 0 bridgehead atoms. The van der Waals surface area contributed by atoms with Crippen molar-refractivity contribution in [2.24, 2.45) is 5.73 Å². The van der Waals surface area contributed by atoms with Crippen LogP contribution in [0.4, 0.5) is 0 Å². The van der Waals surface area contributed by atoms with Gasteiger partial charge in [0, 0.05) is 11.5 Å². The normalized spacial score (nSPS) is 20.0. The first-order chi connectivity index (χ1) is 15.3. The monoisotopic (exact) mass is 495 g/mol. The quantitative estimate of drug-likeness (QED) is 0.298. The maximum Gasteiger partial charge on any atom is 0.352 e. The lowest BCUT2D eigenvalue weighted by Crippen LogP contribution is -2.70. The molecule has 15 heteroatoms. The smallest absolute Gasteiger partial charge is 0.352 e. The van der Waals surface area contributed by atoms with E-state index in [0.717, 1.165) is 17.3 Å². The zero-order valence-electron chi connectivity index (χ0n) is 16.3. The van der Waals surface area contributed by atoms with Gasteiger partial charge < -0.3 is 16.2 Å². The zero-order valence-corrected chi connectivity index (χ0v) is 18.8. The second-order valence-electron chi connectivity index (χ2n) is 6.89. The summed E-state index contributed by atoms with van der Waals surface area (Å²) < 4.78 is 1.22. The fraction of sp³-hybridized carbons (Fsp3) is 0.353. The van der Waals surface area contributed by atoms with Gasteiger partial charge >= 0.3 is 5.97 Å². The molecule has 2 aliphatic rings. The second kappa shape index (κ2) is 9.30. The maximum absolute atomic E-state index is 12.7. The van der Waals surface area contributed by atoms with E-state index in [-0.39, 0.29) is 30.3 Å². The molecule has 4 heterocycles. The van der Waals surface area contributed by atoms with Gasteiger partial charge in [0.05, 0.1) is 6.42 Å². The van der Waals surface area contributed by atoms with Crippen molar-refractivity contribution in [3.8, 4) is 0 Å². The molecular weight excluding hydrogens is 478 g/mol. The molecule has 0 aromatic carbocycles. The number of nitrogens with zero attached hydrogens (tertiary/aromatic N) is 5. The number of carboxylic acid groups (broad SMARTS) is 1. The van der Waals surface area contributed by atoms with E-state index in [1.807, 2.05) is 16.8 Å².